The number of carbonyl (C=O) groups is 3. The molecule has 4 atom stereocenters. The maximum Gasteiger partial charge on any atom is 0.238 e. The summed E-state index contributed by atoms with van der Waals surface area (Å²) in [6.45, 7) is 0. The van der Waals surface area contributed by atoms with Crippen molar-refractivity contribution in [1.29, 1.82) is 0 Å². The fraction of sp³-hybridized carbons (Fsp3) is 0.250. The van der Waals surface area contributed by atoms with Crippen LogP contribution in [-0.4, -0.2) is 17.6 Å². The molecule has 0 aromatic heterocycles. The lowest BCUT2D eigenvalue weighted by molar-refractivity contribution is -0.134. The molecule has 0 unspecified atom stereocenters. The van der Waals surface area contributed by atoms with Gasteiger partial charge in [0.1, 0.15) is 5.78 Å². The largest absolute Gasteiger partial charge is 0.299 e. The summed E-state index contributed by atoms with van der Waals surface area (Å²) in [5, 5.41) is 0. The molecule has 4 aliphatic rings. The second kappa shape index (κ2) is 5.24. The van der Waals surface area contributed by atoms with E-state index in [4.69, 9.17) is 0 Å². The lowest BCUT2D eigenvalue weighted by Gasteiger charge is -2.43. The van der Waals surface area contributed by atoms with Crippen LogP contribution in [0.25, 0.3) is 0 Å². The van der Waals surface area contributed by atoms with E-state index in [1.54, 1.807) is 12.1 Å². The first-order chi connectivity index (χ1) is 12.1. The Morgan fingerprint density at radius 1 is 0.840 bits per heavy atom. The maximum atomic E-state index is 13.1. The molecular weight excluding hydrogens is 429 g/mol. The molecule has 2 aromatic rings. The van der Waals surface area contributed by atoms with Gasteiger partial charge in [-0.2, -0.15) is 0 Å². The van der Waals surface area contributed by atoms with Crippen LogP contribution in [0.1, 0.15) is 29.4 Å². The molecule has 124 valence electrons. The molecule has 25 heavy (non-hydrogen) atoms. The van der Waals surface area contributed by atoms with E-state index < -0.39 is 17.8 Å². The van der Waals surface area contributed by atoms with Crippen LogP contribution in [0.2, 0.25) is 0 Å². The maximum absolute atomic E-state index is 13.1. The highest BCUT2D eigenvalue weighted by molar-refractivity contribution is 14.1. The molecule has 2 fully saturated rings. The first kappa shape index (κ1) is 15.3. The van der Waals surface area contributed by atoms with Crippen molar-refractivity contribution in [3.05, 3.63) is 63.2 Å². The second-order valence-corrected chi connectivity index (χ2v) is 8.17. The molecule has 0 N–H and O–H groups in total. The highest BCUT2D eigenvalue weighted by atomic mass is 127. The van der Waals surface area contributed by atoms with Crippen molar-refractivity contribution in [1.82, 2.24) is 0 Å². The number of halogens is 1. The van der Waals surface area contributed by atoms with Gasteiger partial charge in [-0.1, -0.05) is 24.3 Å². The average Bonchev–Trinajstić information content (AvgIpc) is 2.88. The van der Waals surface area contributed by atoms with E-state index in [2.05, 4.69) is 22.6 Å². The molecule has 1 heterocycles. The number of nitrogens with zero attached hydrogens (tertiary/aromatic N) is 1. The summed E-state index contributed by atoms with van der Waals surface area (Å²) in [5.41, 5.74) is 2.61. The number of hydrogen-bond donors (Lipinski definition) is 0. The summed E-state index contributed by atoms with van der Waals surface area (Å²) in [5.74, 6) is -1.91. The predicted octanol–water partition coefficient (Wildman–Crippen LogP) is 3.25. The minimum Gasteiger partial charge on any atom is -0.299 e. The van der Waals surface area contributed by atoms with E-state index in [9.17, 15) is 14.4 Å². The van der Waals surface area contributed by atoms with Gasteiger partial charge in [-0.05, 0) is 58.0 Å². The van der Waals surface area contributed by atoms with Crippen molar-refractivity contribution in [2.24, 2.45) is 11.8 Å². The first-order valence-corrected chi connectivity index (χ1v) is 9.40. The van der Waals surface area contributed by atoms with Crippen LogP contribution < -0.4 is 4.90 Å². The van der Waals surface area contributed by atoms with Gasteiger partial charge >= 0.3 is 0 Å². The number of imide groups is 1. The van der Waals surface area contributed by atoms with Crippen LogP contribution in [0.15, 0.2) is 48.5 Å². The summed E-state index contributed by atoms with van der Waals surface area (Å²) in [7, 11) is 0. The van der Waals surface area contributed by atoms with Crippen molar-refractivity contribution in [3.63, 3.8) is 0 Å². The Labute approximate surface area is 158 Å². The van der Waals surface area contributed by atoms with Gasteiger partial charge in [0.05, 0.1) is 23.4 Å². The monoisotopic (exact) mass is 443 g/mol. The standard InChI is InChI=1S/C20H14INO3/c21-10-5-7-11(8-6-10)22-19(24)17-14-9-15(23)16(18(17)20(22)25)13-4-2-1-3-12(13)14/h1-8,14,16-18H,9H2/t14-,16-,17+,18-/m0/s1. The fourth-order valence-electron chi connectivity index (χ4n) is 4.80. The minimum absolute atomic E-state index is 0.0931. The summed E-state index contributed by atoms with van der Waals surface area (Å²) in [6.07, 6.45) is 0.363. The Morgan fingerprint density at radius 2 is 1.48 bits per heavy atom. The lowest BCUT2D eigenvalue weighted by atomic mass is 9.56. The van der Waals surface area contributed by atoms with Crippen LogP contribution in [0.4, 0.5) is 5.69 Å². The normalized spacial score (nSPS) is 29.8. The highest BCUT2D eigenvalue weighted by Crippen LogP contribution is 2.57. The zero-order chi connectivity index (χ0) is 17.3. The van der Waals surface area contributed by atoms with Gasteiger partial charge in [-0.15, -0.1) is 0 Å². The molecule has 2 aromatic carbocycles. The van der Waals surface area contributed by atoms with Crippen molar-refractivity contribution >= 4 is 45.9 Å². The van der Waals surface area contributed by atoms with Gasteiger partial charge in [0.25, 0.3) is 0 Å². The van der Waals surface area contributed by atoms with Gasteiger partial charge in [0.2, 0.25) is 11.8 Å². The third-order valence-electron chi connectivity index (χ3n) is 5.77. The Bertz CT molecular complexity index is 936. The quantitative estimate of drug-likeness (QED) is 0.503. The lowest BCUT2D eigenvalue weighted by Crippen LogP contribution is -2.44. The van der Waals surface area contributed by atoms with Crippen LogP contribution in [-0.2, 0) is 14.4 Å². The number of Topliss-reactive ketones (excluding diaryl/α,β-unsaturated/α-hetero) is 1. The summed E-state index contributed by atoms with van der Waals surface area (Å²) in [6, 6.07) is 15.1. The number of ketones is 1. The molecule has 2 bridgehead atoms. The zero-order valence-electron chi connectivity index (χ0n) is 13.2. The van der Waals surface area contributed by atoms with Crippen molar-refractivity contribution in [2.75, 3.05) is 4.90 Å². The molecule has 2 amide bonds. The van der Waals surface area contributed by atoms with E-state index in [1.165, 1.54) is 4.90 Å². The summed E-state index contributed by atoms with van der Waals surface area (Å²) in [4.78, 5) is 40.2. The Hall–Kier alpha value is -2.02. The molecule has 3 aliphatic carbocycles. The number of benzene rings is 2. The third kappa shape index (κ3) is 1.96. The van der Waals surface area contributed by atoms with E-state index in [0.29, 0.717) is 12.1 Å². The van der Waals surface area contributed by atoms with Crippen LogP contribution in [0.5, 0.6) is 0 Å². The van der Waals surface area contributed by atoms with E-state index >= 15 is 0 Å². The smallest absolute Gasteiger partial charge is 0.238 e. The van der Waals surface area contributed by atoms with E-state index in [0.717, 1.165) is 14.7 Å². The van der Waals surface area contributed by atoms with Gasteiger partial charge in [0.15, 0.2) is 0 Å². The molecule has 1 aliphatic heterocycles. The van der Waals surface area contributed by atoms with Crippen molar-refractivity contribution in [3.8, 4) is 0 Å². The number of fused-ring (bicyclic) bond motifs is 1. The fourth-order valence-corrected chi connectivity index (χ4v) is 5.16. The van der Waals surface area contributed by atoms with Crippen molar-refractivity contribution in [2.45, 2.75) is 18.3 Å². The third-order valence-corrected chi connectivity index (χ3v) is 6.49. The van der Waals surface area contributed by atoms with Gasteiger partial charge in [0, 0.05) is 15.9 Å². The van der Waals surface area contributed by atoms with Crippen LogP contribution in [0, 0.1) is 15.4 Å². The van der Waals surface area contributed by atoms with E-state index in [-0.39, 0.29) is 23.5 Å². The number of anilines is 1. The Balaban J connectivity index is 1.65. The highest BCUT2D eigenvalue weighted by Gasteiger charge is 2.62. The molecule has 1 saturated carbocycles. The Kier molecular flexibility index (Phi) is 3.20. The average molecular weight is 443 g/mol. The zero-order valence-corrected chi connectivity index (χ0v) is 15.3. The second-order valence-electron chi connectivity index (χ2n) is 6.92. The minimum atomic E-state index is -0.548. The molecule has 1 saturated heterocycles. The Morgan fingerprint density at radius 3 is 2.20 bits per heavy atom. The topological polar surface area (TPSA) is 54.5 Å². The molecule has 0 spiro atoms. The number of hydrogen-bond acceptors (Lipinski definition) is 3. The van der Waals surface area contributed by atoms with Crippen LogP contribution >= 0.6 is 22.6 Å². The molecular formula is C20H14INO3. The predicted molar refractivity (Wildman–Crippen MR) is 100 cm³/mol. The molecule has 5 heteroatoms. The van der Waals surface area contributed by atoms with Crippen LogP contribution in [0.3, 0.4) is 0 Å². The number of amides is 2. The van der Waals surface area contributed by atoms with Gasteiger partial charge in [-0.3, -0.25) is 19.3 Å². The number of carbonyl (C=O) groups excluding carboxylic acids is 3. The SMILES string of the molecule is O=C1C[C@H]2c3ccccc3[C@@H]1[C@@H]1C(=O)N(c3ccc(I)cc3)C(=O)[C@@H]12. The number of rotatable bonds is 1. The van der Waals surface area contributed by atoms with Crippen molar-refractivity contribution < 1.29 is 14.4 Å². The summed E-state index contributed by atoms with van der Waals surface area (Å²) < 4.78 is 1.04. The van der Waals surface area contributed by atoms with Gasteiger partial charge < -0.3 is 0 Å². The van der Waals surface area contributed by atoms with E-state index in [1.807, 2.05) is 36.4 Å². The first-order valence-electron chi connectivity index (χ1n) is 8.33. The molecule has 0 radical (unpaired) electrons. The summed E-state index contributed by atoms with van der Waals surface area (Å²) >= 11 is 2.19. The molecule has 4 nitrogen and oxygen atoms in total. The molecule has 6 rings (SSSR count). The van der Waals surface area contributed by atoms with Gasteiger partial charge in [-0.25, -0.2) is 0 Å².